The Labute approximate surface area is 162 Å². The van der Waals surface area contributed by atoms with E-state index < -0.39 is 5.91 Å². The summed E-state index contributed by atoms with van der Waals surface area (Å²) < 4.78 is 0. The Morgan fingerprint density at radius 1 is 0.852 bits per heavy atom. The Morgan fingerprint density at radius 2 is 1.44 bits per heavy atom. The van der Waals surface area contributed by atoms with Gasteiger partial charge in [0.25, 0.3) is 5.91 Å². The van der Waals surface area contributed by atoms with E-state index in [1.807, 2.05) is 36.4 Å². The number of amides is 1. The lowest BCUT2D eigenvalue weighted by molar-refractivity contribution is 0.0715. The average molecular weight is 377 g/mol. The number of ketones is 1. The minimum absolute atomic E-state index is 0.183. The van der Waals surface area contributed by atoms with Crippen LogP contribution in [0.4, 0.5) is 0 Å². The van der Waals surface area contributed by atoms with Crippen molar-refractivity contribution in [3.8, 4) is 0 Å². The molecule has 4 nitrogen and oxygen atoms in total. The van der Waals surface area contributed by atoms with Crippen LogP contribution in [0.25, 0.3) is 0 Å². The van der Waals surface area contributed by atoms with Crippen molar-refractivity contribution in [2.75, 3.05) is 6.54 Å². The number of hydrogen-bond donors (Lipinski definition) is 0. The summed E-state index contributed by atoms with van der Waals surface area (Å²) in [4.78, 5) is 25.5. The molecule has 5 heteroatoms. The number of hydrogen-bond acceptors (Lipinski definition) is 3. The third-order valence-electron chi connectivity index (χ3n) is 3.87. The van der Waals surface area contributed by atoms with Crippen LogP contribution in [0.2, 0.25) is 5.02 Å². The van der Waals surface area contributed by atoms with Gasteiger partial charge in [0.1, 0.15) is 6.54 Å². The largest absolute Gasteiger partial charge is 0.292 e. The van der Waals surface area contributed by atoms with Crippen LogP contribution in [0.15, 0.2) is 90.0 Å². The lowest BCUT2D eigenvalue weighted by atomic mass is 10.1. The standard InChI is InChI=1S/C22H17ClN2O2/c23-20-14-8-7-13-19(20)22(27)25(24-15-17-9-3-1-4-10-17)16-21(26)18-11-5-2-6-12-18/h1-15H,16H2. The van der Waals surface area contributed by atoms with E-state index in [1.165, 1.54) is 0 Å². The molecule has 0 atom stereocenters. The first kappa shape index (κ1) is 18.5. The molecule has 3 rings (SSSR count). The second-order valence-corrected chi connectivity index (χ2v) is 6.19. The van der Waals surface area contributed by atoms with Crippen molar-refractivity contribution >= 4 is 29.5 Å². The molecule has 0 bridgehead atoms. The van der Waals surface area contributed by atoms with Gasteiger partial charge in [0.05, 0.1) is 16.8 Å². The number of carbonyl (C=O) groups excluding carboxylic acids is 2. The van der Waals surface area contributed by atoms with Crippen LogP contribution in [-0.2, 0) is 0 Å². The summed E-state index contributed by atoms with van der Waals surface area (Å²) >= 11 is 6.15. The maximum atomic E-state index is 12.9. The lowest BCUT2D eigenvalue weighted by Crippen LogP contribution is -2.32. The summed E-state index contributed by atoms with van der Waals surface area (Å²) in [6.45, 7) is -0.183. The molecule has 0 radical (unpaired) electrons. The molecule has 0 aliphatic rings. The molecule has 0 aromatic heterocycles. The van der Waals surface area contributed by atoms with Gasteiger partial charge in [-0.3, -0.25) is 9.59 Å². The molecule has 0 saturated carbocycles. The molecule has 0 saturated heterocycles. The first-order valence-corrected chi connectivity index (χ1v) is 8.76. The van der Waals surface area contributed by atoms with Crippen molar-refractivity contribution in [3.05, 3.63) is 107 Å². The zero-order valence-corrected chi connectivity index (χ0v) is 15.2. The van der Waals surface area contributed by atoms with Crippen LogP contribution < -0.4 is 0 Å². The lowest BCUT2D eigenvalue weighted by Gasteiger charge is -2.17. The smallest absolute Gasteiger partial charge is 0.275 e. The maximum absolute atomic E-state index is 12.9. The Balaban J connectivity index is 1.88. The highest BCUT2D eigenvalue weighted by molar-refractivity contribution is 6.33. The molecular weight excluding hydrogens is 360 g/mol. The van der Waals surface area contributed by atoms with Crippen molar-refractivity contribution in [1.82, 2.24) is 5.01 Å². The van der Waals surface area contributed by atoms with Crippen molar-refractivity contribution in [2.45, 2.75) is 0 Å². The van der Waals surface area contributed by atoms with Gasteiger partial charge in [0.15, 0.2) is 5.78 Å². The van der Waals surface area contributed by atoms with E-state index in [1.54, 1.807) is 54.7 Å². The molecule has 3 aromatic carbocycles. The summed E-state index contributed by atoms with van der Waals surface area (Å²) in [6, 6.07) is 24.9. The molecule has 27 heavy (non-hydrogen) atoms. The van der Waals surface area contributed by atoms with Gasteiger partial charge in [-0.1, -0.05) is 84.4 Å². The van der Waals surface area contributed by atoms with Crippen molar-refractivity contribution in [1.29, 1.82) is 0 Å². The molecule has 0 aliphatic carbocycles. The Kier molecular flexibility index (Phi) is 6.13. The van der Waals surface area contributed by atoms with Crippen LogP contribution in [0.3, 0.4) is 0 Å². The van der Waals surface area contributed by atoms with Gasteiger partial charge < -0.3 is 0 Å². The van der Waals surface area contributed by atoms with Crippen molar-refractivity contribution in [3.63, 3.8) is 0 Å². The van der Waals surface area contributed by atoms with Gasteiger partial charge in [-0.05, 0) is 17.7 Å². The highest BCUT2D eigenvalue weighted by Gasteiger charge is 2.21. The van der Waals surface area contributed by atoms with Crippen LogP contribution in [0, 0.1) is 0 Å². The number of carbonyl (C=O) groups is 2. The van der Waals surface area contributed by atoms with Crippen LogP contribution in [0.1, 0.15) is 26.3 Å². The second-order valence-electron chi connectivity index (χ2n) is 5.79. The number of nitrogens with zero attached hydrogens (tertiary/aromatic N) is 2. The maximum Gasteiger partial charge on any atom is 0.275 e. The zero-order chi connectivity index (χ0) is 19.1. The molecule has 1 amide bonds. The summed E-state index contributed by atoms with van der Waals surface area (Å²) in [5.41, 5.74) is 1.64. The summed E-state index contributed by atoms with van der Waals surface area (Å²) in [7, 11) is 0. The third kappa shape index (κ3) is 4.90. The molecule has 0 fully saturated rings. The fourth-order valence-electron chi connectivity index (χ4n) is 2.47. The van der Waals surface area contributed by atoms with E-state index in [0.717, 1.165) is 10.6 Å². The molecule has 0 heterocycles. The zero-order valence-electron chi connectivity index (χ0n) is 14.5. The predicted octanol–water partition coefficient (Wildman–Crippen LogP) is 4.70. The first-order valence-electron chi connectivity index (χ1n) is 8.39. The highest BCUT2D eigenvalue weighted by Crippen LogP contribution is 2.18. The van der Waals surface area contributed by atoms with Crippen LogP contribution in [-0.4, -0.2) is 29.5 Å². The normalized spacial score (nSPS) is 10.7. The van der Waals surface area contributed by atoms with Gasteiger partial charge in [-0.2, -0.15) is 5.10 Å². The number of halogens is 1. The fraction of sp³-hybridized carbons (Fsp3) is 0.0455. The van der Waals surface area contributed by atoms with Gasteiger partial charge in [0, 0.05) is 5.56 Å². The molecule has 0 N–H and O–H groups in total. The molecule has 3 aromatic rings. The highest BCUT2D eigenvalue weighted by atomic mass is 35.5. The predicted molar refractivity (Wildman–Crippen MR) is 107 cm³/mol. The van der Waals surface area contributed by atoms with Gasteiger partial charge in [-0.15, -0.1) is 0 Å². The molecule has 134 valence electrons. The minimum atomic E-state index is -0.433. The quantitative estimate of drug-likeness (QED) is 0.355. The van der Waals surface area contributed by atoms with Gasteiger partial charge in [0.2, 0.25) is 0 Å². The minimum Gasteiger partial charge on any atom is -0.292 e. The van der Waals surface area contributed by atoms with E-state index in [4.69, 9.17) is 11.6 Å². The van der Waals surface area contributed by atoms with E-state index in [9.17, 15) is 9.59 Å². The number of Topliss-reactive ketones (excluding diaryl/α,β-unsaturated/α-hetero) is 1. The van der Waals surface area contributed by atoms with Crippen molar-refractivity contribution < 1.29 is 9.59 Å². The second kappa shape index (κ2) is 8.92. The molecule has 0 aliphatic heterocycles. The summed E-state index contributed by atoms with van der Waals surface area (Å²) in [5, 5.41) is 5.71. The first-order chi connectivity index (χ1) is 13.1. The van der Waals surface area contributed by atoms with Gasteiger partial charge in [-0.25, -0.2) is 5.01 Å². The Bertz CT molecular complexity index is 956. The summed E-state index contributed by atoms with van der Waals surface area (Å²) in [5.74, 6) is -0.640. The third-order valence-corrected chi connectivity index (χ3v) is 4.20. The average Bonchev–Trinajstić information content (AvgIpc) is 2.72. The summed E-state index contributed by atoms with van der Waals surface area (Å²) in [6.07, 6.45) is 1.55. The van der Waals surface area contributed by atoms with E-state index in [0.29, 0.717) is 16.1 Å². The van der Waals surface area contributed by atoms with E-state index in [-0.39, 0.29) is 12.3 Å². The van der Waals surface area contributed by atoms with E-state index in [2.05, 4.69) is 5.10 Å². The Hall–Kier alpha value is -3.24. The van der Waals surface area contributed by atoms with Gasteiger partial charge >= 0.3 is 0 Å². The number of benzene rings is 3. The van der Waals surface area contributed by atoms with Crippen LogP contribution in [0.5, 0.6) is 0 Å². The van der Waals surface area contributed by atoms with Crippen LogP contribution >= 0.6 is 11.6 Å². The number of rotatable bonds is 6. The monoisotopic (exact) mass is 376 g/mol. The molecule has 0 spiro atoms. The number of hydrazone groups is 1. The van der Waals surface area contributed by atoms with E-state index >= 15 is 0 Å². The van der Waals surface area contributed by atoms with Crippen molar-refractivity contribution in [2.24, 2.45) is 5.10 Å². The SMILES string of the molecule is O=C(CN(N=Cc1ccccc1)C(=O)c1ccccc1Cl)c1ccccc1. The Morgan fingerprint density at radius 3 is 2.11 bits per heavy atom. The molecule has 0 unspecified atom stereocenters. The topological polar surface area (TPSA) is 49.7 Å². The fourth-order valence-corrected chi connectivity index (χ4v) is 2.68. The molecular formula is C22H17ClN2O2.